The third-order valence-electron chi connectivity index (χ3n) is 6.37. The number of halogens is 3. The summed E-state index contributed by atoms with van der Waals surface area (Å²) in [5.41, 5.74) is 1.61. The van der Waals surface area contributed by atoms with Crippen LogP contribution < -0.4 is 15.4 Å². The van der Waals surface area contributed by atoms with E-state index >= 15 is 0 Å². The maximum absolute atomic E-state index is 13.5. The van der Waals surface area contributed by atoms with Crippen LogP contribution in [-0.2, 0) is 16.3 Å². The lowest BCUT2D eigenvalue weighted by Crippen LogP contribution is -2.36. The van der Waals surface area contributed by atoms with Crippen LogP contribution in [0.25, 0.3) is 5.65 Å². The minimum atomic E-state index is -4.43. The van der Waals surface area contributed by atoms with Crippen molar-refractivity contribution in [3.8, 4) is 17.6 Å². The second-order valence-corrected chi connectivity index (χ2v) is 11.3. The number of ether oxygens (including phenoxy) is 1. The lowest BCUT2D eigenvalue weighted by atomic mass is 10.1. The number of hydrogen-bond donors (Lipinski definition) is 2. The van der Waals surface area contributed by atoms with Crippen LogP contribution in [0.1, 0.15) is 24.2 Å². The third-order valence-corrected chi connectivity index (χ3v) is 7.48. The molecule has 1 saturated heterocycles. The molecule has 1 aliphatic heterocycles. The van der Waals surface area contributed by atoms with Crippen molar-refractivity contribution < 1.29 is 26.3 Å². The Morgan fingerprint density at radius 3 is 2.58 bits per heavy atom. The monoisotopic (exact) mass is 549 g/mol. The standard InChI is InChI=1S/C26H30F3N5O3S/c1-33-14-10-18(11-15-33)31-22-7-5-13-34-23(17-26(27,28)29)20(32-25(22)34)6-4-12-30-21-9-8-19(38(3,35)36)16-24(21)37-2/h5,7-9,13,16,18,30-31H,10-12,14-15,17H2,1-3H3. The SMILES string of the molecule is COc1cc(S(C)(=O)=O)ccc1NCC#Cc1nc2c(NC3CCN(C)CC3)cccn2c1CC(F)(F)F. The molecule has 12 heteroatoms. The minimum absolute atomic E-state index is 0.0258. The smallest absolute Gasteiger partial charge is 0.394 e. The number of fused-ring (bicyclic) bond motifs is 1. The van der Waals surface area contributed by atoms with Gasteiger partial charge in [-0.3, -0.25) is 0 Å². The molecule has 4 rings (SSSR count). The Hall–Kier alpha value is -3.43. The summed E-state index contributed by atoms with van der Waals surface area (Å²) in [6.45, 7) is 1.97. The number of piperidine rings is 1. The van der Waals surface area contributed by atoms with E-state index in [-0.39, 0.29) is 28.9 Å². The van der Waals surface area contributed by atoms with Gasteiger partial charge in [0.05, 0.1) is 42.0 Å². The highest BCUT2D eigenvalue weighted by atomic mass is 32.2. The van der Waals surface area contributed by atoms with Gasteiger partial charge in [0.25, 0.3) is 0 Å². The quantitative estimate of drug-likeness (QED) is 0.434. The highest BCUT2D eigenvalue weighted by Crippen LogP contribution is 2.29. The largest absolute Gasteiger partial charge is 0.495 e. The summed E-state index contributed by atoms with van der Waals surface area (Å²) in [6.07, 6.45) is -1.06. The first-order chi connectivity index (χ1) is 17.9. The van der Waals surface area contributed by atoms with Crippen LogP contribution >= 0.6 is 0 Å². The number of nitrogens with zero attached hydrogens (tertiary/aromatic N) is 3. The molecule has 0 aliphatic carbocycles. The van der Waals surface area contributed by atoms with Gasteiger partial charge in [-0.25, -0.2) is 13.4 Å². The molecule has 0 spiro atoms. The normalized spacial score (nSPS) is 15.2. The van der Waals surface area contributed by atoms with Crippen LogP contribution in [0.3, 0.4) is 0 Å². The summed E-state index contributed by atoms with van der Waals surface area (Å²) in [7, 11) is 0.0701. The number of alkyl halides is 3. The minimum Gasteiger partial charge on any atom is -0.495 e. The number of anilines is 2. The number of imidazole rings is 1. The van der Waals surface area contributed by atoms with E-state index in [1.165, 1.54) is 23.6 Å². The number of benzene rings is 1. The van der Waals surface area contributed by atoms with Gasteiger partial charge in [0.15, 0.2) is 15.5 Å². The second-order valence-electron chi connectivity index (χ2n) is 9.33. The summed E-state index contributed by atoms with van der Waals surface area (Å²) < 4.78 is 70.7. The van der Waals surface area contributed by atoms with Gasteiger partial charge in [-0.15, -0.1) is 0 Å². The van der Waals surface area contributed by atoms with E-state index in [0.717, 1.165) is 32.2 Å². The van der Waals surface area contributed by atoms with E-state index in [0.29, 0.717) is 22.8 Å². The Labute approximate surface area is 220 Å². The Morgan fingerprint density at radius 1 is 1.18 bits per heavy atom. The Kier molecular flexibility index (Phi) is 8.08. The molecule has 204 valence electrons. The number of methoxy groups -OCH3 is 1. The topological polar surface area (TPSA) is 88.0 Å². The molecule has 3 aromatic rings. The zero-order valence-electron chi connectivity index (χ0n) is 21.4. The van der Waals surface area contributed by atoms with Gasteiger partial charge >= 0.3 is 6.18 Å². The molecule has 1 fully saturated rings. The highest BCUT2D eigenvalue weighted by Gasteiger charge is 2.31. The number of rotatable bonds is 7. The van der Waals surface area contributed by atoms with Gasteiger partial charge in [0.2, 0.25) is 0 Å². The molecule has 8 nitrogen and oxygen atoms in total. The predicted octanol–water partition coefficient (Wildman–Crippen LogP) is 3.82. The predicted molar refractivity (Wildman–Crippen MR) is 141 cm³/mol. The zero-order chi connectivity index (χ0) is 27.5. The van der Waals surface area contributed by atoms with Gasteiger partial charge in [-0.1, -0.05) is 5.92 Å². The summed E-state index contributed by atoms with van der Waals surface area (Å²) in [5.74, 6) is 5.93. The second kappa shape index (κ2) is 11.1. The first-order valence-corrected chi connectivity index (χ1v) is 14.0. The lowest BCUT2D eigenvalue weighted by molar-refractivity contribution is -0.128. The van der Waals surface area contributed by atoms with Crippen molar-refractivity contribution in [1.29, 1.82) is 0 Å². The molecule has 0 atom stereocenters. The maximum atomic E-state index is 13.5. The number of nitrogens with one attached hydrogen (secondary N) is 2. The van der Waals surface area contributed by atoms with E-state index < -0.39 is 22.4 Å². The molecule has 0 amide bonds. The van der Waals surface area contributed by atoms with Gasteiger partial charge in [-0.2, -0.15) is 13.2 Å². The van der Waals surface area contributed by atoms with Gasteiger partial charge in [0, 0.05) is 24.6 Å². The Bertz CT molecular complexity index is 1470. The number of likely N-dealkylation sites (tertiary alicyclic amines) is 1. The molecule has 1 aliphatic rings. The highest BCUT2D eigenvalue weighted by molar-refractivity contribution is 7.90. The summed E-state index contributed by atoms with van der Waals surface area (Å²) in [5, 5.41) is 6.47. The van der Waals surface area contributed by atoms with Crippen LogP contribution in [0.4, 0.5) is 24.5 Å². The molecule has 0 saturated carbocycles. The fraction of sp³-hybridized carbons (Fsp3) is 0.423. The van der Waals surface area contributed by atoms with E-state index in [1.54, 1.807) is 18.3 Å². The number of pyridine rings is 1. The van der Waals surface area contributed by atoms with Crippen molar-refractivity contribution in [2.75, 3.05) is 50.7 Å². The number of sulfone groups is 1. The van der Waals surface area contributed by atoms with Crippen LogP contribution in [0.15, 0.2) is 41.4 Å². The van der Waals surface area contributed by atoms with Crippen LogP contribution in [-0.4, -0.2) is 75.0 Å². The van der Waals surface area contributed by atoms with Crippen molar-refractivity contribution in [1.82, 2.24) is 14.3 Å². The fourth-order valence-electron chi connectivity index (χ4n) is 4.38. The van der Waals surface area contributed by atoms with Crippen LogP contribution in [0.2, 0.25) is 0 Å². The van der Waals surface area contributed by atoms with Crippen LogP contribution in [0, 0.1) is 11.8 Å². The Morgan fingerprint density at radius 2 is 1.92 bits per heavy atom. The summed E-state index contributed by atoms with van der Waals surface area (Å²) in [4.78, 5) is 6.84. The van der Waals surface area contributed by atoms with Crippen molar-refractivity contribution in [3.63, 3.8) is 0 Å². The third kappa shape index (κ3) is 6.71. The summed E-state index contributed by atoms with van der Waals surface area (Å²) >= 11 is 0. The van der Waals surface area contributed by atoms with Crippen molar-refractivity contribution in [2.24, 2.45) is 0 Å². The first kappa shape index (κ1) is 27.6. The van der Waals surface area contributed by atoms with E-state index in [1.807, 2.05) is 6.07 Å². The Balaban J connectivity index is 1.59. The van der Waals surface area contributed by atoms with Crippen molar-refractivity contribution >= 4 is 26.9 Å². The molecule has 0 radical (unpaired) electrons. The van der Waals surface area contributed by atoms with E-state index in [4.69, 9.17) is 4.74 Å². The molecule has 1 aromatic carbocycles. The average molecular weight is 550 g/mol. The molecular weight excluding hydrogens is 519 g/mol. The molecule has 0 unspecified atom stereocenters. The molecule has 0 bridgehead atoms. The van der Waals surface area contributed by atoms with E-state index in [9.17, 15) is 21.6 Å². The van der Waals surface area contributed by atoms with Crippen LogP contribution in [0.5, 0.6) is 5.75 Å². The molecule has 3 heterocycles. The van der Waals surface area contributed by atoms with Gasteiger partial charge in [-0.05, 0) is 63.2 Å². The van der Waals surface area contributed by atoms with Gasteiger partial charge in [0.1, 0.15) is 11.4 Å². The number of aromatic nitrogens is 2. The van der Waals surface area contributed by atoms with Crippen molar-refractivity contribution in [3.05, 3.63) is 47.9 Å². The molecular formula is C26H30F3N5O3S. The molecule has 38 heavy (non-hydrogen) atoms. The zero-order valence-corrected chi connectivity index (χ0v) is 22.2. The summed E-state index contributed by atoms with van der Waals surface area (Å²) in [6, 6.07) is 8.13. The lowest BCUT2D eigenvalue weighted by Gasteiger charge is -2.30. The molecule has 2 aromatic heterocycles. The molecule has 2 N–H and O–H groups in total. The maximum Gasteiger partial charge on any atom is 0.394 e. The average Bonchev–Trinajstić information content (AvgIpc) is 3.19. The number of hydrogen-bond acceptors (Lipinski definition) is 7. The van der Waals surface area contributed by atoms with Crippen molar-refractivity contribution in [2.45, 2.75) is 36.4 Å². The van der Waals surface area contributed by atoms with E-state index in [2.05, 4.69) is 39.4 Å². The first-order valence-electron chi connectivity index (χ1n) is 12.1. The van der Waals surface area contributed by atoms with Gasteiger partial charge < -0.3 is 24.7 Å². The fourth-order valence-corrected chi connectivity index (χ4v) is 5.01.